The number of halogens is 3. The van der Waals surface area contributed by atoms with Crippen LogP contribution in [-0.4, -0.2) is 25.9 Å². The van der Waals surface area contributed by atoms with Crippen molar-refractivity contribution in [1.29, 1.82) is 0 Å². The molecule has 0 radical (unpaired) electrons. The first-order valence-corrected chi connectivity index (χ1v) is 14.5. The van der Waals surface area contributed by atoms with Crippen molar-refractivity contribution in [1.82, 2.24) is 0 Å². The summed E-state index contributed by atoms with van der Waals surface area (Å²) in [6.45, 7) is 2.23. The highest BCUT2D eigenvalue weighted by molar-refractivity contribution is 9.42. The lowest BCUT2D eigenvalue weighted by molar-refractivity contribution is 0.436. The molecule has 0 aliphatic carbocycles. The summed E-state index contributed by atoms with van der Waals surface area (Å²) >= 11 is 10.3. The SMILES string of the molecule is CCCCCCCCCCCCSc1cc(O)c(S(=O)(=O)C(Br)(Br)Br)cc1O. The number of phenols is 2. The van der Waals surface area contributed by atoms with Crippen molar-refractivity contribution in [2.45, 2.75) is 82.4 Å². The Hall–Kier alpha value is 0.560. The Bertz CT molecular complexity index is 704. The fourth-order valence-electron chi connectivity index (χ4n) is 2.77. The molecule has 28 heavy (non-hydrogen) atoms. The third-order valence-corrected chi connectivity index (χ3v) is 10.9. The van der Waals surface area contributed by atoms with Crippen LogP contribution in [0.25, 0.3) is 0 Å². The number of alkyl halides is 3. The minimum absolute atomic E-state index is 0.148. The Labute approximate surface area is 198 Å². The van der Waals surface area contributed by atoms with Gasteiger partial charge in [-0.25, -0.2) is 8.42 Å². The number of hydrogen-bond acceptors (Lipinski definition) is 5. The summed E-state index contributed by atoms with van der Waals surface area (Å²) in [5.41, 5.74) is 0. The molecule has 0 aliphatic heterocycles. The van der Waals surface area contributed by atoms with Crippen molar-refractivity contribution in [2.75, 3.05) is 5.75 Å². The molecule has 0 atom stereocenters. The Morgan fingerprint density at radius 1 is 0.857 bits per heavy atom. The number of unbranched alkanes of at least 4 members (excludes halogenated alkanes) is 9. The number of benzene rings is 1. The predicted molar refractivity (Wildman–Crippen MR) is 129 cm³/mol. The lowest BCUT2D eigenvalue weighted by Gasteiger charge is -2.16. The van der Waals surface area contributed by atoms with Crippen LogP contribution in [0.2, 0.25) is 0 Å². The van der Waals surface area contributed by atoms with Gasteiger partial charge in [0.25, 0.3) is 0 Å². The largest absolute Gasteiger partial charge is 0.507 e. The molecule has 162 valence electrons. The van der Waals surface area contributed by atoms with E-state index in [4.69, 9.17) is 0 Å². The number of aromatic hydroxyl groups is 2. The molecule has 0 amide bonds. The Balaban J connectivity index is 2.39. The quantitative estimate of drug-likeness (QED) is 0.102. The molecule has 0 bridgehead atoms. The van der Waals surface area contributed by atoms with E-state index in [0.717, 1.165) is 24.7 Å². The molecule has 9 heteroatoms. The van der Waals surface area contributed by atoms with Crippen LogP contribution in [0.4, 0.5) is 0 Å². The summed E-state index contributed by atoms with van der Waals surface area (Å²) in [4.78, 5) is 0.135. The van der Waals surface area contributed by atoms with E-state index in [1.807, 2.05) is 0 Å². The van der Waals surface area contributed by atoms with Crippen molar-refractivity contribution < 1.29 is 18.6 Å². The third-order valence-electron chi connectivity index (χ3n) is 4.39. The van der Waals surface area contributed by atoms with Gasteiger partial charge in [-0.1, -0.05) is 64.7 Å². The van der Waals surface area contributed by atoms with Gasteiger partial charge in [-0.3, -0.25) is 0 Å². The fraction of sp³-hybridized carbons (Fsp3) is 0.684. The van der Waals surface area contributed by atoms with Crippen LogP contribution in [0.5, 0.6) is 11.5 Å². The molecule has 0 spiro atoms. The van der Waals surface area contributed by atoms with Gasteiger partial charge in [-0.05, 0) is 66.0 Å². The zero-order chi connectivity index (χ0) is 21.2. The Kier molecular flexibility index (Phi) is 12.4. The highest BCUT2D eigenvalue weighted by atomic mass is 80.0. The molecule has 0 unspecified atom stereocenters. The zero-order valence-electron chi connectivity index (χ0n) is 16.1. The predicted octanol–water partition coefficient (Wildman–Crippen LogP) is 7.68. The fourth-order valence-corrected chi connectivity index (χ4v) is 6.16. The van der Waals surface area contributed by atoms with Crippen molar-refractivity contribution in [3.05, 3.63) is 12.1 Å². The first kappa shape index (κ1) is 26.6. The Morgan fingerprint density at radius 2 is 1.36 bits per heavy atom. The average molecular weight is 625 g/mol. The van der Waals surface area contributed by atoms with Gasteiger partial charge in [0.05, 0.1) is 4.90 Å². The van der Waals surface area contributed by atoms with Gasteiger partial charge in [-0.2, -0.15) is 0 Å². The molecule has 2 N–H and O–H groups in total. The molecule has 1 rings (SSSR count). The molecule has 1 aromatic rings. The van der Waals surface area contributed by atoms with Crippen LogP contribution in [0.1, 0.15) is 71.1 Å². The molecule has 0 fully saturated rings. The zero-order valence-corrected chi connectivity index (χ0v) is 22.5. The van der Waals surface area contributed by atoms with E-state index < -0.39 is 11.3 Å². The van der Waals surface area contributed by atoms with Gasteiger partial charge in [-0.15, -0.1) is 11.8 Å². The van der Waals surface area contributed by atoms with Crippen LogP contribution in [0.15, 0.2) is 21.9 Å². The summed E-state index contributed by atoms with van der Waals surface area (Å²) in [7, 11) is -3.96. The van der Waals surface area contributed by atoms with Gasteiger partial charge in [0.1, 0.15) is 16.4 Å². The van der Waals surface area contributed by atoms with Crippen LogP contribution < -0.4 is 0 Å². The maximum Gasteiger partial charge on any atom is 0.239 e. The maximum absolute atomic E-state index is 12.4. The smallest absolute Gasteiger partial charge is 0.239 e. The third kappa shape index (κ3) is 8.74. The summed E-state index contributed by atoms with van der Waals surface area (Å²) in [6, 6.07) is 2.39. The summed E-state index contributed by atoms with van der Waals surface area (Å²) in [6.07, 6.45) is 12.6. The van der Waals surface area contributed by atoms with Crippen LogP contribution in [0, 0.1) is 0 Å². The minimum Gasteiger partial charge on any atom is -0.507 e. The number of hydrogen-bond donors (Lipinski definition) is 2. The van der Waals surface area contributed by atoms with E-state index in [1.165, 1.54) is 69.2 Å². The second kappa shape index (κ2) is 13.1. The van der Waals surface area contributed by atoms with Crippen LogP contribution in [-0.2, 0) is 9.84 Å². The lowest BCUT2D eigenvalue weighted by Crippen LogP contribution is -2.18. The van der Waals surface area contributed by atoms with Crippen molar-refractivity contribution >= 4 is 69.4 Å². The second-order valence-corrected chi connectivity index (χ2v) is 18.3. The van der Waals surface area contributed by atoms with Gasteiger partial charge < -0.3 is 10.2 Å². The highest BCUT2D eigenvalue weighted by Crippen LogP contribution is 2.47. The standard InChI is InChI=1S/C19H29Br3O4S2/c1-2-3-4-5-6-7-8-9-10-11-12-27-17-13-16(24)18(14-15(17)23)28(25,26)19(20,21)22/h13-14,23-24H,2-12H2,1H3. The van der Waals surface area contributed by atoms with E-state index in [2.05, 4.69) is 54.7 Å². The molecule has 4 nitrogen and oxygen atoms in total. The van der Waals surface area contributed by atoms with Crippen molar-refractivity contribution in [3.63, 3.8) is 0 Å². The van der Waals surface area contributed by atoms with Gasteiger partial charge in [0.2, 0.25) is 11.3 Å². The van der Waals surface area contributed by atoms with Gasteiger partial charge in [0.15, 0.2) is 0 Å². The monoisotopic (exact) mass is 622 g/mol. The van der Waals surface area contributed by atoms with E-state index >= 15 is 0 Å². The van der Waals surface area contributed by atoms with Crippen LogP contribution in [0.3, 0.4) is 0 Å². The summed E-state index contributed by atoms with van der Waals surface area (Å²) in [5, 5.41) is 20.3. The van der Waals surface area contributed by atoms with Crippen molar-refractivity contribution in [2.24, 2.45) is 0 Å². The second-order valence-electron chi connectivity index (χ2n) is 6.77. The van der Waals surface area contributed by atoms with E-state index in [1.54, 1.807) is 0 Å². The summed E-state index contributed by atoms with van der Waals surface area (Å²) < 4.78 is 23.2. The first-order chi connectivity index (χ1) is 13.1. The van der Waals surface area contributed by atoms with E-state index in [0.29, 0.717) is 4.90 Å². The molecule has 0 saturated heterocycles. The Morgan fingerprint density at radius 3 is 1.86 bits per heavy atom. The highest BCUT2D eigenvalue weighted by Gasteiger charge is 2.39. The molecular formula is C19H29Br3O4S2. The first-order valence-electron chi connectivity index (χ1n) is 9.61. The molecule has 0 aromatic heterocycles. The molecule has 0 aliphatic rings. The molecule has 1 aromatic carbocycles. The van der Waals surface area contributed by atoms with E-state index in [-0.39, 0.29) is 16.4 Å². The van der Waals surface area contributed by atoms with Gasteiger partial charge in [0, 0.05) is 6.07 Å². The minimum atomic E-state index is -3.96. The van der Waals surface area contributed by atoms with Gasteiger partial charge >= 0.3 is 0 Å². The molecule has 0 saturated carbocycles. The molecular weight excluding hydrogens is 596 g/mol. The number of rotatable bonds is 13. The normalized spacial score (nSPS) is 12.4. The number of phenolic OH excluding ortho intramolecular Hbond substituents is 2. The molecule has 0 heterocycles. The van der Waals surface area contributed by atoms with E-state index in [9.17, 15) is 18.6 Å². The number of sulfone groups is 1. The van der Waals surface area contributed by atoms with Crippen molar-refractivity contribution in [3.8, 4) is 11.5 Å². The number of thioether (sulfide) groups is 1. The van der Waals surface area contributed by atoms with Crippen LogP contribution >= 0.6 is 59.6 Å². The maximum atomic E-state index is 12.4. The topological polar surface area (TPSA) is 74.6 Å². The summed E-state index contributed by atoms with van der Waals surface area (Å²) in [5.74, 6) is 0.283. The lowest BCUT2D eigenvalue weighted by atomic mass is 10.1. The average Bonchev–Trinajstić information content (AvgIpc) is 2.61.